The largest absolute Gasteiger partial charge is 0.336 e. The van der Waals surface area contributed by atoms with Crippen LogP contribution in [0, 0.1) is 3.57 Å². The van der Waals surface area contributed by atoms with Gasteiger partial charge in [-0.1, -0.05) is 11.6 Å². The first-order chi connectivity index (χ1) is 7.41. The van der Waals surface area contributed by atoms with E-state index >= 15 is 0 Å². The van der Waals surface area contributed by atoms with E-state index in [1.807, 2.05) is 22.6 Å². The van der Waals surface area contributed by atoms with Crippen LogP contribution in [-0.4, -0.2) is 30.8 Å². The van der Waals surface area contributed by atoms with Gasteiger partial charge in [-0.15, -0.1) is 0 Å². The highest BCUT2D eigenvalue weighted by atomic mass is 127. The van der Waals surface area contributed by atoms with Gasteiger partial charge in [0, 0.05) is 16.2 Å². The Morgan fingerprint density at radius 1 is 1.56 bits per heavy atom. The van der Waals surface area contributed by atoms with Crippen LogP contribution in [0.2, 0.25) is 5.02 Å². The van der Waals surface area contributed by atoms with Gasteiger partial charge in [-0.05, 0) is 40.8 Å². The van der Waals surface area contributed by atoms with Crippen molar-refractivity contribution in [1.29, 1.82) is 0 Å². The fourth-order valence-electron chi connectivity index (χ4n) is 1.14. The van der Waals surface area contributed by atoms with E-state index in [9.17, 15) is 13.6 Å². The molecule has 0 saturated heterocycles. The van der Waals surface area contributed by atoms with Crippen LogP contribution in [0.1, 0.15) is 10.4 Å². The maximum Gasteiger partial charge on any atom is 0.255 e. The summed E-state index contributed by atoms with van der Waals surface area (Å²) in [6, 6.07) is 4.72. The normalized spacial score (nSPS) is 10.6. The van der Waals surface area contributed by atoms with Crippen LogP contribution in [-0.2, 0) is 0 Å². The molecule has 88 valence electrons. The van der Waals surface area contributed by atoms with Crippen LogP contribution in [0.25, 0.3) is 0 Å². The summed E-state index contributed by atoms with van der Waals surface area (Å²) in [4.78, 5) is 12.7. The predicted octanol–water partition coefficient (Wildman–Crippen LogP) is 3.28. The molecule has 16 heavy (non-hydrogen) atoms. The molecular formula is C10H9ClF2INO. The zero-order valence-corrected chi connectivity index (χ0v) is 11.3. The van der Waals surface area contributed by atoms with Gasteiger partial charge in [0.15, 0.2) is 0 Å². The van der Waals surface area contributed by atoms with E-state index in [0.717, 1.165) is 8.47 Å². The topological polar surface area (TPSA) is 20.3 Å². The summed E-state index contributed by atoms with van der Waals surface area (Å²) < 4.78 is 25.0. The Balaban J connectivity index is 2.84. The lowest BCUT2D eigenvalue weighted by Gasteiger charge is -2.16. The molecule has 0 radical (unpaired) electrons. The maximum absolute atomic E-state index is 12.1. The van der Waals surface area contributed by atoms with Crippen LogP contribution in [0.5, 0.6) is 0 Å². The summed E-state index contributed by atoms with van der Waals surface area (Å²) in [6.07, 6.45) is -2.53. The molecule has 0 saturated carbocycles. The van der Waals surface area contributed by atoms with Crippen molar-refractivity contribution < 1.29 is 13.6 Å². The van der Waals surface area contributed by atoms with E-state index in [4.69, 9.17) is 11.6 Å². The quantitative estimate of drug-likeness (QED) is 0.759. The minimum Gasteiger partial charge on any atom is -0.336 e. The van der Waals surface area contributed by atoms with Crippen molar-refractivity contribution >= 4 is 40.1 Å². The highest BCUT2D eigenvalue weighted by Crippen LogP contribution is 2.20. The van der Waals surface area contributed by atoms with Crippen molar-refractivity contribution in [3.05, 3.63) is 32.4 Å². The SMILES string of the molecule is CN(CC(F)F)C(=O)c1ccc(I)c(Cl)c1. The molecular weight excluding hydrogens is 350 g/mol. The number of amides is 1. The number of hydrogen-bond acceptors (Lipinski definition) is 1. The smallest absolute Gasteiger partial charge is 0.255 e. The van der Waals surface area contributed by atoms with Crippen LogP contribution < -0.4 is 0 Å². The molecule has 1 aromatic rings. The average molecular weight is 360 g/mol. The van der Waals surface area contributed by atoms with Gasteiger partial charge in [0.1, 0.15) is 0 Å². The average Bonchev–Trinajstić information content (AvgIpc) is 2.20. The van der Waals surface area contributed by atoms with Crippen LogP contribution in [0.4, 0.5) is 8.78 Å². The minimum absolute atomic E-state index is 0.313. The lowest BCUT2D eigenvalue weighted by molar-refractivity contribution is 0.0620. The van der Waals surface area contributed by atoms with Gasteiger partial charge in [-0.25, -0.2) is 8.78 Å². The van der Waals surface area contributed by atoms with Crippen LogP contribution in [0.15, 0.2) is 18.2 Å². The lowest BCUT2D eigenvalue weighted by atomic mass is 10.2. The lowest BCUT2D eigenvalue weighted by Crippen LogP contribution is -2.31. The van der Waals surface area contributed by atoms with Gasteiger partial charge < -0.3 is 4.90 Å². The van der Waals surface area contributed by atoms with E-state index < -0.39 is 18.9 Å². The second-order valence-corrected chi connectivity index (χ2v) is 4.78. The molecule has 1 aromatic carbocycles. The summed E-state index contributed by atoms with van der Waals surface area (Å²) in [5.41, 5.74) is 0.313. The van der Waals surface area contributed by atoms with Gasteiger partial charge in [-0.3, -0.25) is 4.79 Å². The molecule has 0 fully saturated rings. The molecule has 0 unspecified atom stereocenters. The molecule has 0 heterocycles. The standard InChI is InChI=1S/C10H9ClF2INO/c1-15(5-9(12)13)10(16)6-2-3-8(14)7(11)4-6/h2-4,9H,5H2,1H3. The number of carbonyl (C=O) groups is 1. The molecule has 0 atom stereocenters. The molecule has 6 heteroatoms. The summed E-state index contributed by atoms with van der Waals surface area (Å²) in [6.45, 7) is -0.581. The highest BCUT2D eigenvalue weighted by Gasteiger charge is 2.16. The molecule has 0 aliphatic rings. The third-order valence-electron chi connectivity index (χ3n) is 1.93. The predicted molar refractivity (Wildman–Crippen MR) is 67.1 cm³/mol. The summed E-state index contributed by atoms with van der Waals surface area (Å²) in [7, 11) is 1.33. The first-order valence-electron chi connectivity index (χ1n) is 4.40. The molecule has 0 aliphatic carbocycles. The van der Waals surface area contributed by atoms with Crippen LogP contribution >= 0.6 is 34.2 Å². The third-order valence-corrected chi connectivity index (χ3v) is 3.50. The van der Waals surface area contributed by atoms with Crippen molar-refractivity contribution in [3.8, 4) is 0 Å². The fourth-order valence-corrected chi connectivity index (χ4v) is 1.66. The van der Waals surface area contributed by atoms with Gasteiger partial charge in [0.2, 0.25) is 0 Å². The Labute approximate surface area is 111 Å². The van der Waals surface area contributed by atoms with Gasteiger partial charge >= 0.3 is 0 Å². The first-order valence-corrected chi connectivity index (χ1v) is 5.86. The molecule has 0 spiro atoms. The third kappa shape index (κ3) is 3.55. The second-order valence-electron chi connectivity index (χ2n) is 3.21. The maximum atomic E-state index is 12.1. The Morgan fingerprint density at radius 3 is 2.69 bits per heavy atom. The number of hydrogen-bond donors (Lipinski definition) is 0. The zero-order valence-electron chi connectivity index (χ0n) is 8.38. The Bertz CT molecular complexity index is 400. The molecule has 2 nitrogen and oxygen atoms in total. The van der Waals surface area contributed by atoms with Crippen molar-refractivity contribution in [2.75, 3.05) is 13.6 Å². The van der Waals surface area contributed by atoms with E-state index in [2.05, 4.69) is 0 Å². The molecule has 0 N–H and O–H groups in total. The number of rotatable bonds is 3. The number of carbonyl (C=O) groups excluding carboxylic acids is 1. The minimum atomic E-state index is -2.53. The Hall–Kier alpha value is -0.430. The number of nitrogens with zero attached hydrogens (tertiary/aromatic N) is 1. The molecule has 0 aromatic heterocycles. The molecule has 1 amide bonds. The second kappa shape index (κ2) is 5.77. The molecule has 1 rings (SSSR count). The monoisotopic (exact) mass is 359 g/mol. The van der Waals surface area contributed by atoms with E-state index in [1.54, 1.807) is 12.1 Å². The van der Waals surface area contributed by atoms with E-state index in [1.165, 1.54) is 13.1 Å². The summed E-state index contributed by atoms with van der Waals surface area (Å²) in [5, 5.41) is 0.442. The molecule has 0 aliphatic heterocycles. The van der Waals surface area contributed by atoms with E-state index in [-0.39, 0.29) is 0 Å². The Morgan fingerprint density at radius 2 is 2.19 bits per heavy atom. The van der Waals surface area contributed by atoms with Crippen molar-refractivity contribution in [2.45, 2.75) is 6.43 Å². The zero-order chi connectivity index (χ0) is 12.3. The number of halogens is 4. The van der Waals surface area contributed by atoms with Crippen LogP contribution in [0.3, 0.4) is 0 Å². The summed E-state index contributed by atoms with van der Waals surface area (Å²) in [5.74, 6) is -0.460. The number of alkyl halides is 2. The van der Waals surface area contributed by atoms with E-state index in [0.29, 0.717) is 10.6 Å². The van der Waals surface area contributed by atoms with Gasteiger partial charge in [0.25, 0.3) is 12.3 Å². The fraction of sp³-hybridized carbons (Fsp3) is 0.300. The highest BCUT2D eigenvalue weighted by molar-refractivity contribution is 14.1. The van der Waals surface area contributed by atoms with Crippen molar-refractivity contribution in [2.24, 2.45) is 0 Å². The Kier molecular flexibility index (Phi) is 4.91. The van der Waals surface area contributed by atoms with Crippen molar-refractivity contribution in [3.63, 3.8) is 0 Å². The van der Waals surface area contributed by atoms with Gasteiger partial charge in [-0.2, -0.15) is 0 Å². The summed E-state index contributed by atoms with van der Waals surface area (Å²) >= 11 is 7.87. The molecule has 0 bridgehead atoms. The number of benzene rings is 1. The van der Waals surface area contributed by atoms with Gasteiger partial charge in [0.05, 0.1) is 11.6 Å². The van der Waals surface area contributed by atoms with Crippen molar-refractivity contribution in [1.82, 2.24) is 4.90 Å². The first kappa shape index (κ1) is 13.6.